The van der Waals surface area contributed by atoms with E-state index in [1.807, 2.05) is 0 Å². The van der Waals surface area contributed by atoms with Gasteiger partial charge in [-0.05, 0) is 43.4 Å². The van der Waals surface area contributed by atoms with Crippen LogP contribution in [0.15, 0.2) is 18.2 Å². The van der Waals surface area contributed by atoms with Gasteiger partial charge in [0.1, 0.15) is 5.75 Å². The molecular weight excluding hydrogens is 262 g/mol. The zero-order valence-electron chi connectivity index (χ0n) is 14.3. The van der Waals surface area contributed by atoms with E-state index in [0.717, 1.165) is 44.9 Å². The van der Waals surface area contributed by atoms with Gasteiger partial charge in [-0.3, -0.25) is 0 Å². The summed E-state index contributed by atoms with van der Waals surface area (Å²) in [4.78, 5) is 0. The summed E-state index contributed by atoms with van der Waals surface area (Å²) in [5, 5.41) is 3.35. The number of rotatable bonds is 9. The van der Waals surface area contributed by atoms with Crippen molar-refractivity contribution in [2.45, 2.75) is 46.0 Å². The highest BCUT2D eigenvalue weighted by Gasteiger charge is 2.18. The van der Waals surface area contributed by atoms with Gasteiger partial charge in [-0.2, -0.15) is 0 Å². The first-order valence-electron chi connectivity index (χ1n) is 7.88. The van der Waals surface area contributed by atoms with Crippen LogP contribution in [-0.4, -0.2) is 33.4 Å². The number of ether oxygens (including phenoxy) is 2. The average Bonchev–Trinajstić information content (AvgIpc) is 2.42. The lowest BCUT2D eigenvalue weighted by molar-refractivity contribution is 0.199. The third-order valence-corrected chi connectivity index (χ3v) is 3.43. The lowest BCUT2D eigenvalue weighted by Gasteiger charge is -2.23. The highest BCUT2D eigenvalue weighted by Crippen LogP contribution is 2.32. The van der Waals surface area contributed by atoms with Gasteiger partial charge in [-0.25, -0.2) is 0 Å². The van der Waals surface area contributed by atoms with E-state index in [9.17, 15) is 0 Å². The van der Waals surface area contributed by atoms with E-state index >= 15 is 0 Å². The van der Waals surface area contributed by atoms with Gasteiger partial charge in [0.15, 0.2) is 0 Å². The Bertz CT molecular complexity index is 410. The van der Waals surface area contributed by atoms with Crippen molar-refractivity contribution in [3.05, 3.63) is 29.3 Å². The van der Waals surface area contributed by atoms with E-state index in [1.54, 1.807) is 7.11 Å². The van der Waals surface area contributed by atoms with E-state index < -0.39 is 0 Å². The van der Waals surface area contributed by atoms with E-state index in [2.05, 4.69) is 51.2 Å². The van der Waals surface area contributed by atoms with Crippen LogP contribution in [-0.2, 0) is 10.2 Å². The summed E-state index contributed by atoms with van der Waals surface area (Å²) in [6.45, 7) is 12.3. The first-order valence-corrected chi connectivity index (χ1v) is 7.88. The molecule has 1 rings (SSSR count). The van der Waals surface area contributed by atoms with Crippen molar-refractivity contribution in [3.63, 3.8) is 0 Å². The normalized spacial score (nSPS) is 11.7. The summed E-state index contributed by atoms with van der Waals surface area (Å²) >= 11 is 0. The number of nitrogens with one attached hydrogen (secondary N) is 1. The Morgan fingerprint density at radius 3 is 2.48 bits per heavy atom. The molecule has 0 spiro atoms. The minimum atomic E-state index is 0.114. The Balaban J connectivity index is 2.35. The molecule has 0 aliphatic heterocycles. The largest absolute Gasteiger partial charge is 0.493 e. The highest BCUT2D eigenvalue weighted by atomic mass is 16.5. The van der Waals surface area contributed by atoms with Crippen LogP contribution >= 0.6 is 0 Å². The number of hydrogen-bond acceptors (Lipinski definition) is 3. The standard InChI is InChI=1S/C18H31NO2/c1-15-8-9-17(16(14-15)18(2,3)4)21-12-7-6-10-19-11-13-20-5/h8-9,14,19H,6-7,10-13H2,1-5H3. The molecule has 0 aliphatic rings. The molecule has 0 saturated carbocycles. The SMILES string of the molecule is COCCNCCCCOc1ccc(C)cc1C(C)(C)C. The van der Waals surface area contributed by atoms with E-state index in [-0.39, 0.29) is 5.41 Å². The number of unbranched alkanes of at least 4 members (excludes halogenated alkanes) is 1. The number of methoxy groups -OCH3 is 1. The molecule has 0 aromatic heterocycles. The zero-order chi connectivity index (χ0) is 15.7. The summed E-state index contributed by atoms with van der Waals surface area (Å²) in [6, 6.07) is 6.46. The monoisotopic (exact) mass is 293 g/mol. The second-order valence-electron chi connectivity index (χ2n) is 6.55. The molecule has 0 fully saturated rings. The highest BCUT2D eigenvalue weighted by molar-refractivity contribution is 5.41. The average molecular weight is 293 g/mol. The number of hydrogen-bond donors (Lipinski definition) is 1. The first-order chi connectivity index (χ1) is 9.95. The van der Waals surface area contributed by atoms with Crippen LogP contribution in [0, 0.1) is 6.92 Å². The molecule has 0 unspecified atom stereocenters. The van der Waals surface area contributed by atoms with E-state index in [1.165, 1.54) is 11.1 Å². The van der Waals surface area contributed by atoms with Crippen molar-refractivity contribution < 1.29 is 9.47 Å². The van der Waals surface area contributed by atoms with Crippen molar-refractivity contribution in [2.24, 2.45) is 0 Å². The molecule has 3 heteroatoms. The molecule has 0 heterocycles. The number of benzene rings is 1. The van der Waals surface area contributed by atoms with Crippen LogP contribution in [0.5, 0.6) is 5.75 Å². The van der Waals surface area contributed by atoms with Crippen LogP contribution in [0.25, 0.3) is 0 Å². The predicted octanol–water partition coefficient (Wildman–Crippen LogP) is 3.69. The molecule has 0 atom stereocenters. The van der Waals surface area contributed by atoms with Crippen LogP contribution < -0.4 is 10.1 Å². The summed E-state index contributed by atoms with van der Waals surface area (Å²) < 4.78 is 11.0. The molecule has 0 bridgehead atoms. The Labute approximate surface area is 130 Å². The van der Waals surface area contributed by atoms with Crippen molar-refractivity contribution >= 4 is 0 Å². The number of aryl methyl sites for hydroxylation is 1. The van der Waals surface area contributed by atoms with Gasteiger partial charge in [-0.15, -0.1) is 0 Å². The summed E-state index contributed by atoms with van der Waals surface area (Å²) in [5.41, 5.74) is 2.69. The lowest BCUT2D eigenvalue weighted by Crippen LogP contribution is -2.20. The Hall–Kier alpha value is -1.06. The van der Waals surface area contributed by atoms with Gasteiger partial charge in [-0.1, -0.05) is 38.5 Å². The molecule has 1 aromatic rings. The lowest BCUT2D eigenvalue weighted by atomic mass is 9.85. The fourth-order valence-electron chi connectivity index (χ4n) is 2.19. The molecule has 0 radical (unpaired) electrons. The molecule has 3 nitrogen and oxygen atoms in total. The molecule has 0 aliphatic carbocycles. The summed E-state index contributed by atoms with van der Waals surface area (Å²) in [6.07, 6.45) is 2.19. The molecule has 21 heavy (non-hydrogen) atoms. The predicted molar refractivity (Wildman–Crippen MR) is 89.4 cm³/mol. The second-order valence-corrected chi connectivity index (χ2v) is 6.55. The fraction of sp³-hybridized carbons (Fsp3) is 0.667. The minimum absolute atomic E-state index is 0.114. The quantitative estimate of drug-likeness (QED) is 0.704. The van der Waals surface area contributed by atoms with Crippen LogP contribution in [0.2, 0.25) is 0 Å². The van der Waals surface area contributed by atoms with Crippen LogP contribution in [0.1, 0.15) is 44.7 Å². The van der Waals surface area contributed by atoms with Crippen LogP contribution in [0.4, 0.5) is 0 Å². The molecule has 1 aromatic carbocycles. The Morgan fingerprint density at radius 1 is 1.05 bits per heavy atom. The molecule has 0 amide bonds. The third kappa shape index (κ3) is 6.96. The second kappa shape index (κ2) is 9.06. The molecule has 1 N–H and O–H groups in total. The molecule has 0 saturated heterocycles. The van der Waals surface area contributed by atoms with Gasteiger partial charge < -0.3 is 14.8 Å². The summed E-state index contributed by atoms with van der Waals surface area (Å²) in [7, 11) is 1.73. The third-order valence-electron chi connectivity index (χ3n) is 3.43. The topological polar surface area (TPSA) is 30.5 Å². The van der Waals surface area contributed by atoms with Crippen molar-refractivity contribution in [2.75, 3.05) is 33.4 Å². The maximum Gasteiger partial charge on any atom is 0.123 e. The van der Waals surface area contributed by atoms with Gasteiger partial charge in [0.25, 0.3) is 0 Å². The maximum absolute atomic E-state index is 5.99. The zero-order valence-corrected chi connectivity index (χ0v) is 14.3. The minimum Gasteiger partial charge on any atom is -0.493 e. The smallest absolute Gasteiger partial charge is 0.123 e. The van der Waals surface area contributed by atoms with Crippen LogP contribution in [0.3, 0.4) is 0 Å². The van der Waals surface area contributed by atoms with Gasteiger partial charge in [0.2, 0.25) is 0 Å². The Kier molecular flexibility index (Phi) is 7.76. The first kappa shape index (κ1) is 18.0. The maximum atomic E-state index is 5.99. The summed E-state index contributed by atoms with van der Waals surface area (Å²) in [5.74, 6) is 1.03. The van der Waals surface area contributed by atoms with Gasteiger partial charge in [0.05, 0.1) is 13.2 Å². The van der Waals surface area contributed by atoms with Crippen molar-refractivity contribution in [1.29, 1.82) is 0 Å². The van der Waals surface area contributed by atoms with Gasteiger partial charge in [0, 0.05) is 13.7 Å². The van der Waals surface area contributed by atoms with Crippen molar-refractivity contribution in [3.8, 4) is 5.75 Å². The Morgan fingerprint density at radius 2 is 1.81 bits per heavy atom. The van der Waals surface area contributed by atoms with E-state index in [0.29, 0.717) is 0 Å². The van der Waals surface area contributed by atoms with Gasteiger partial charge >= 0.3 is 0 Å². The molecule has 120 valence electrons. The molecular formula is C18H31NO2. The van der Waals surface area contributed by atoms with Crippen molar-refractivity contribution in [1.82, 2.24) is 5.32 Å². The van der Waals surface area contributed by atoms with E-state index in [4.69, 9.17) is 9.47 Å². The fourth-order valence-corrected chi connectivity index (χ4v) is 2.19.